The van der Waals surface area contributed by atoms with Gasteiger partial charge in [0.1, 0.15) is 0 Å². The zero-order chi connectivity index (χ0) is 24.9. The molecule has 8 heteroatoms. The Labute approximate surface area is 205 Å². The van der Waals surface area contributed by atoms with Crippen LogP contribution >= 0.6 is 0 Å². The Hall–Kier alpha value is -2.45. The van der Waals surface area contributed by atoms with Gasteiger partial charge in [0.05, 0.1) is 56.8 Å². The molecule has 3 atom stereocenters. The molecule has 188 valence electrons. The highest BCUT2D eigenvalue weighted by Gasteiger charge is 2.47. The van der Waals surface area contributed by atoms with Crippen molar-refractivity contribution in [1.29, 1.82) is 0 Å². The first-order valence-corrected chi connectivity index (χ1v) is 13.0. The van der Waals surface area contributed by atoms with E-state index < -0.39 is 16.2 Å². The molecule has 1 aliphatic carbocycles. The molecular formula is C26H36O7S. The van der Waals surface area contributed by atoms with Gasteiger partial charge in [-0.25, -0.2) is 0 Å². The Kier molecular flexibility index (Phi) is 8.71. The molecule has 0 bridgehead atoms. The van der Waals surface area contributed by atoms with Gasteiger partial charge in [0.2, 0.25) is 5.75 Å². The summed E-state index contributed by atoms with van der Waals surface area (Å²) >= 11 is 0. The SMILES string of the molecule is CCCOc1c(OC)cc(C2(c3cc(OC)c(OC)c(OC)c3)CCCC2OC)cc1S(C)=O. The van der Waals surface area contributed by atoms with Crippen LogP contribution in [0.25, 0.3) is 0 Å². The minimum absolute atomic E-state index is 0.111. The van der Waals surface area contributed by atoms with Crippen LogP contribution in [0.15, 0.2) is 29.2 Å². The lowest BCUT2D eigenvalue weighted by atomic mass is 9.71. The molecule has 34 heavy (non-hydrogen) atoms. The lowest BCUT2D eigenvalue weighted by molar-refractivity contribution is 0.0667. The second-order valence-electron chi connectivity index (χ2n) is 8.31. The quantitative estimate of drug-likeness (QED) is 0.449. The van der Waals surface area contributed by atoms with Crippen LogP contribution in [0.5, 0.6) is 28.7 Å². The van der Waals surface area contributed by atoms with Crippen LogP contribution in [-0.4, -0.2) is 58.7 Å². The summed E-state index contributed by atoms with van der Waals surface area (Å²) in [7, 11) is 6.86. The second kappa shape index (κ2) is 11.3. The van der Waals surface area contributed by atoms with Gasteiger partial charge in [-0.1, -0.05) is 6.92 Å². The molecule has 0 spiro atoms. The summed E-state index contributed by atoms with van der Waals surface area (Å²) in [6.45, 7) is 2.54. The van der Waals surface area contributed by atoms with Crippen molar-refractivity contribution in [3.05, 3.63) is 35.4 Å². The van der Waals surface area contributed by atoms with Crippen LogP contribution in [0.4, 0.5) is 0 Å². The summed E-state index contributed by atoms with van der Waals surface area (Å²) in [6, 6.07) is 7.93. The van der Waals surface area contributed by atoms with Crippen molar-refractivity contribution in [2.45, 2.75) is 49.0 Å². The van der Waals surface area contributed by atoms with Gasteiger partial charge in [-0.05, 0) is 61.1 Å². The fourth-order valence-corrected chi connectivity index (χ4v) is 5.72. The third kappa shape index (κ3) is 4.58. The van der Waals surface area contributed by atoms with E-state index in [1.165, 1.54) is 0 Å². The van der Waals surface area contributed by atoms with Crippen molar-refractivity contribution in [2.75, 3.05) is 48.4 Å². The van der Waals surface area contributed by atoms with Gasteiger partial charge in [-0.3, -0.25) is 4.21 Å². The van der Waals surface area contributed by atoms with E-state index in [9.17, 15) is 4.21 Å². The van der Waals surface area contributed by atoms with Crippen molar-refractivity contribution in [3.8, 4) is 28.7 Å². The van der Waals surface area contributed by atoms with Crippen LogP contribution in [-0.2, 0) is 21.0 Å². The maximum absolute atomic E-state index is 12.8. The highest BCUT2D eigenvalue weighted by atomic mass is 32.2. The molecule has 2 aromatic carbocycles. The van der Waals surface area contributed by atoms with Gasteiger partial charge in [-0.15, -0.1) is 0 Å². The average Bonchev–Trinajstić information content (AvgIpc) is 3.30. The van der Waals surface area contributed by atoms with E-state index in [1.54, 1.807) is 41.8 Å². The van der Waals surface area contributed by atoms with Gasteiger partial charge in [-0.2, -0.15) is 0 Å². The Morgan fingerprint density at radius 3 is 1.91 bits per heavy atom. The number of rotatable bonds is 11. The number of ether oxygens (including phenoxy) is 6. The summed E-state index contributed by atoms with van der Waals surface area (Å²) in [4.78, 5) is 0.608. The third-order valence-corrected chi connectivity index (χ3v) is 7.49. The summed E-state index contributed by atoms with van der Waals surface area (Å²) in [5.74, 6) is 2.78. The van der Waals surface area contributed by atoms with Gasteiger partial charge in [0.25, 0.3) is 0 Å². The van der Waals surface area contributed by atoms with Crippen molar-refractivity contribution in [1.82, 2.24) is 0 Å². The lowest BCUT2D eigenvalue weighted by Crippen LogP contribution is -2.37. The average molecular weight is 493 g/mol. The molecule has 0 saturated heterocycles. The Balaban J connectivity index is 2.34. The topological polar surface area (TPSA) is 72.5 Å². The van der Waals surface area contributed by atoms with Crippen LogP contribution in [0.3, 0.4) is 0 Å². The largest absolute Gasteiger partial charge is 0.493 e. The van der Waals surface area contributed by atoms with Crippen molar-refractivity contribution in [2.24, 2.45) is 0 Å². The Bertz CT molecular complexity index is 997. The smallest absolute Gasteiger partial charge is 0.203 e. The summed E-state index contributed by atoms with van der Waals surface area (Å²) in [5, 5.41) is 0. The van der Waals surface area contributed by atoms with Gasteiger partial charge in [0, 0.05) is 18.8 Å². The van der Waals surface area contributed by atoms with Gasteiger partial charge in [0.15, 0.2) is 23.0 Å². The molecule has 0 N–H and O–H groups in total. The van der Waals surface area contributed by atoms with Crippen LogP contribution in [0.2, 0.25) is 0 Å². The van der Waals surface area contributed by atoms with E-state index in [4.69, 9.17) is 28.4 Å². The Morgan fingerprint density at radius 2 is 1.44 bits per heavy atom. The predicted molar refractivity (Wildman–Crippen MR) is 133 cm³/mol. The molecule has 1 fully saturated rings. The number of benzene rings is 2. The van der Waals surface area contributed by atoms with Crippen molar-refractivity contribution in [3.63, 3.8) is 0 Å². The first-order valence-electron chi connectivity index (χ1n) is 11.4. The lowest BCUT2D eigenvalue weighted by Gasteiger charge is -2.37. The summed E-state index contributed by atoms with van der Waals surface area (Å²) in [6.07, 6.45) is 5.07. The summed E-state index contributed by atoms with van der Waals surface area (Å²) in [5.41, 5.74) is 1.40. The van der Waals surface area contributed by atoms with Crippen LogP contribution in [0.1, 0.15) is 43.7 Å². The molecule has 3 unspecified atom stereocenters. The molecule has 0 heterocycles. The number of hydrogen-bond acceptors (Lipinski definition) is 7. The van der Waals surface area contributed by atoms with E-state index in [0.29, 0.717) is 40.2 Å². The van der Waals surface area contributed by atoms with E-state index in [1.807, 2.05) is 31.2 Å². The molecule has 1 aliphatic rings. The second-order valence-corrected chi connectivity index (χ2v) is 9.66. The monoisotopic (exact) mass is 492 g/mol. The van der Waals surface area contributed by atoms with E-state index >= 15 is 0 Å². The van der Waals surface area contributed by atoms with E-state index in [0.717, 1.165) is 36.8 Å². The zero-order valence-electron chi connectivity index (χ0n) is 21.2. The number of methoxy groups -OCH3 is 5. The number of hydrogen-bond donors (Lipinski definition) is 0. The fraction of sp³-hybridized carbons (Fsp3) is 0.538. The maximum Gasteiger partial charge on any atom is 0.203 e. The van der Waals surface area contributed by atoms with Crippen LogP contribution in [0, 0.1) is 0 Å². The molecule has 1 saturated carbocycles. The van der Waals surface area contributed by atoms with Crippen molar-refractivity contribution >= 4 is 10.8 Å². The zero-order valence-corrected chi connectivity index (χ0v) is 22.0. The standard InChI is InChI=1S/C26H36O7S/c1-8-12-33-25-21(30-4)15-18(16-22(25)34(7)27)26(11-9-10-23(26)31-5)17-13-19(28-2)24(32-6)20(14-17)29-3/h13-16,23H,8-12H2,1-7H3. The normalized spacial score (nSPS) is 20.6. The minimum Gasteiger partial charge on any atom is -0.493 e. The molecule has 0 aromatic heterocycles. The molecule has 0 aliphatic heterocycles. The van der Waals surface area contributed by atoms with E-state index in [2.05, 4.69) is 0 Å². The first kappa shape index (κ1) is 26.2. The van der Waals surface area contributed by atoms with E-state index in [-0.39, 0.29) is 6.10 Å². The molecule has 0 amide bonds. The minimum atomic E-state index is -1.29. The Morgan fingerprint density at radius 1 is 0.882 bits per heavy atom. The fourth-order valence-electron chi connectivity index (χ4n) is 5.00. The third-order valence-electron chi connectivity index (χ3n) is 6.57. The van der Waals surface area contributed by atoms with Crippen LogP contribution < -0.4 is 23.7 Å². The highest BCUT2D eigenvalue weighted by Crippen LogP contribution is 2.53. The highest BCUT2D eigenvalue weighted by molar-refractivity contribution is 7.84. The summed E-state index contributed by atoms with van der Waals surface area (Å²) < 4.78 is 47.5. The van der Waals surface area contributed by atoms with Gasteiger partial charge < -0.3 is 28.4 Å². The predicted octanol–water partition coefficient (Wildman–Crippen LogP) is 4.73. The molecule has 0 radical (unpaired) electrons. The molecule has 3 rings (SSSR count). The first-order chi connectivity index (χ1) is 16.4. The van der Waals surface area contributed by atoms with Gasteiger partial charge >= 0.3 is 0 Å². The molecule has 2 aromatic rings. The molecule has 7 nitrogen and oxygen atoms in total. The molecular weight excluding hydrogens is 456 g/mol. The van der Waals surface area contributed by atoms with Crippen molar-refractivity contribution < 1.29 is 32.6 Å². The maximum atomic E-state index is 12.8.